The third-order valence-corrected chi connectivity index (χ3v) is 6.31. The molecule has 0 saturated carbocycles. The summed E-state index contributed by atoms with van der Waals surface area (Å²) in [6.45, 7) is 0.0328. The van der Waals surface area contributed by atoms with Crippen LogP contribution in [-0.4, -0.2) is 47.3 Å². The smallest absolute Gasteiger partial charge is 0.337 e. The third kappa shape index (κ3) is 5.02. The van der Waals surface area contributed by atoms with E-state index in [1.54, 1.807) is 44.6 Å². The number of carboxylic acids is 1. The monoisotopic (exact) mass is 493 g/mol. The Hall–Kier alpha value is -4.18. The summed E-state index contributed by atoms with van der Waals surface area (Å²) in [5.41, 5.74) is 0.903. The molecular formula is C25H23N3O6S. The van der Waals surface area contributed by atoms with E-state index >= 15 is 0 Å². The molecule has 1 amide bonds. The topological polar surface area (TPSA) is 120 Å². The highest BCUT2D eigenvalue weighted by Crippen LogP contribution is 2.28. The van der Waals surface area contributed by atoms with Gasteiger partial charge in [-0.1, -0.05) is 36.4 Å². The zero-order valence-corrected chi connectivity index (χ0v) is 19.9. The number of benzene rings is 2. The van der Waals surface area contributed by atoms with Gasteiger partial charge < -0.3 is 19.9 Å². The Kier molecular flexibility index (Phi) is 7.11. The molecule has 2 aromatic heterocycles. The Morgan fingerprint density at radius 2 is 1.83 bits per heavy atom. The van der Waals surface area contributed by atoms with Crippen LogP contribution in [0.15, 0.2) is 58.7 Å². The van der Waals surface area contributed by atoms with E-state index in [0.717, 1.165) is 16.9 Å². The number of aromatic carboxylic acids is 1. The molecule has 2 aromatic carbocycles. The lowest BCUT2D eigenvalue weighted by molar-refractivity contribution is -0.121. The molecular weight excluding hydrogens is 470 g/mol. The number of carbonyl (C=O) groups is 2. The van der Waals surface area contributed by atoms with E-state index in [1.165, 1.54) is 9.95 Å². The second kappa shape index (κ2) is 10.4. The normalized spacial score (nSPS) is 10.8. The number of carboxylic acid groups (broad SMARTS) is 1. The standard InChI is InChI=1S/C25H23N3O6S/c1-33-18-9-8-15(12-19(18)34-2)10-11-26-20(29)13-28-22(16-6-4-3-5-7-16)27-23-21(24(28)30)17(14-35-23)25(31)32/h3-9,12,14H,10-11,13H2,1-2H3,(H,26,29)(H,31,32). The lowest BCUT2D eigenvalue weighted by Gasteiger charge is -2.13. The van der Waals surface area contributed by atoms with Gasteiger partial charge in [-0.2, -0.15) is 0 Å². The van der Waals surface area contributed by atoms with Crippen molar-refractivity contribution in [3.63, 3.8) is 0 Å². The van der Waals surface area contributed by atoms with E-state index in [4.69, 9.17) is 9.47 Å². The highest BCUT2D eigenvalue weighted by Gasteiger charge is 2.21. The van der Waals surface area contributed by atoms with Gasteiger partial charge in [0.15, 0.2) is 11.5 Å². The molecule has 4 rings (SSSR count). The van der Waals surface area contributed by atoms with E-state index < -0.39 is 17.4 Å². The molecule has 10 heteroatoms. The molecule has 4 aromatic rings. The van der Waals surface area contributed by atoms with Crippen molar-refractivity contribution in [3.8, 4) is 22.9 Å². The molecule has 0 radical (unpaired) electrons. The quantitative estimate of drug-likeness (QED) is 0.367. The third-order valence-electron chi connectivity index (χ3n) is 5.44. The number of nitrogens with one attached hydrogen (secondary N) is 1. The van der Waals surface area contributed by atoms with E-state index in [2.05, 4.69) is 10.3 Å². The van der Waals surface area contributed by atoms with Crippen molar-refractivity contribution in [1.29, 1.82) is 0 Å². The fourth-order valence-corrected chi connectivity index (χ4v) is 4.62. The molecule has 0 unspecified atom stereocenters. The fraction of sp³-hybridized carbons (Fsp3) is 0.200. The number of rotatable bonds is 9. The average molecular weight is 494 g/mol. The van der Waals surface area contributed by atoms with Crippen LogP contribution in [0.4, 0.5) is 0 Å². The van der Waals surface area contributed by atoms with Crippen LogP contribution in [0.3, 0.4) is 0 Å². The van der Waals surface area contributed by atoms with E-state index in [-0.39, 0.29) is 17.5 Å². The fourth-order valence-electron chi connectivity index (χ4n) is 3.72. The Balaban J connectivity index is 1.58. The lowest BCUT2D eigenvalue weighted by atomic mass is 10.1. The minimum Gasteiger partial charge on any atom is -0.493 e. The van der Waals surface area contributed by atoms with Crippen LogP contribution in [0.5, 0.6) is 11.5 Å². The first-order valence-electron chi connectivity index (χ1n) is 10.7. The first-order chi connectivity index (χ1) is 16.9. The highest BCUT2D eigenvalue weighted by atomic mass is 32.1. The lowest BCUT2D eigenvalue weighted by Crippen LogP contribution is -2.34. The number of aromatic nitrogens is 2. The van der Waals surface area contributed by atoms with Gasteiger partial charge in [0.25, 0.3) is 5.56 Å². The summed E-state index contributed by atoms with van der Waals surface area (Å²) in [5.74, 6) is -0.0895. The molecule has 0 aliphatic heterocycles. The maximum atomic E-state index is 13.3. The second-order valence-corrected chi connectivity index (χ2v) is 8.47. The van der Waals surface area contributed by atoms with Crippen molar-refractivity contribution in [2.45, 2.75) is 13.0 Å². The summed E-state index contributed by atoms with van der Waals surface area (Å²) in [6, 6.07) is 14.5. The first kappa shape index (κ1) is 24.0. The molecule has 0 spiro atoms. The summed E-state index contributed by atoms with van der Waals surface area (Å²) in [5, 5.41) is 13.7. The summed E-state index contributed by atoms with van der Waals surface area (Å²) >= 11 is 1.08. The van der Waals surface area contributed by atoms with Gasteiger partial charge in [0.2, 0.25) is 5.91 Å². The van der Waals surface area contributed by atoms with Crippen molar-refractivity contribution in [2.24, 2.45) is 0 Å². The van der Waals surface area contributed by atoms with Gasteiger partial charge in [-0.15, -0.1) is 11.3 Å². The molecule has 9 nitrogen and oxygen atoms in total. The van der Waals surface area contributed by atoms with Crippen molar-refractivity contribution >= 4 is 33.4 Å². The number of ether oxygens (including phenoxy) is 2. The summed E-state index contributed by atoms with van der Waals surface area (Å²) in [6.07, 6.45) is 0.539. The number of methoxy groups -OCH3 is 2. The molecule has 0 atom stereocenters. The Labute approximate surface area is 204 Å². The summed E-state index contributed by atoms with van der Waals surface area (Å²) in [7, 11) is 3.12. The number of nitrogens with zero attached hydrogens (tertiary/aromatic N) is 2. The average Bonchev–Trinajstić information content (AvgIpc) is 3.31. The van der Waals surface area contributed by atoms with Crippen molar-refractivity contribution < 1.29 is 24.2 Å². The maximum absolute atomic E-state index is 13.3. The van der Waals surface area contributed by atoms with Crippen LogP contribution in [-0.2, 0) is 17.8 Å². The molecule has 35 heavy (non-hydrogen) atoms. The number of thiophene rings is 1. The SMILES string of the molecule is COc1ccc(CCNC(=O)Cn2c(-c3ccccc3)nc3scc(C(=O)O)c3c2=O)cc1OC. The van der Waals surface area contributed by atoms with Gasteiger partial charge >= 0.3 is 5.97 Å². The molecule has 2 heterocycles. The molecule has 0 saturated heterocycles. The molecule has 0 fully saturated rings. The van der Waals surface area contributed by atoms with Gasteiger partial charge in [0.05, 0.1) is 25.2 Å². The van der Waals surface area contributed by atoms with Gasteiger partial charge in [-0.25, -0.2) is 9.78 Å². The predicted octanol–water partition coefficient (Wildman–Crippen LogP) is 3.20. The van der Waals surface area contributed by atoms with Crippen LogP contribution in [0.25, 0.3) is 21.6 Å². The first-order valence-corrected chi connectivity index (χ1v) is 11.6. The summed E-state index contributed by atoms with van der Waals surface area (Å²) in [4.78, 5) is 42.6. The van der Waals surface area contributed by atoms with Gasteiger partial charge in [-0.3, -0.25) is 14.2 Å². The Bertz CT molecular complexity index is 1450. The van der Waals surface area contributed by atoms with E-state index in [1.807, 2.05) is 18.2 Å². The molecule has 0 aliphatic carbocycles. The molecule has 0 bridgehead atoms. The number of hydrogen-bond donors (Lipinski definition) is 2. The largest absolute Gasteiger partial charge is 0.493 e. The van der Waals surface area contributed by atoms with Crippen LogP contribution in [0.2, 0.25) is 0 Å². The van der Waals surface area contributed by atoms with Crippen molar-refractivity contribution in [2.75, 3.05) is 20.8 Å². The number of hydrogen-bond acceptors (Lipinski definition) is 7. The van der Waals surface area contributed by atoms with Crippen LogP contribution >= 0.6 is 11.3 Å². The van der Waals surface area contributed by atoms with Gasteiger partial charge in [0.1, 0.15) is 17.2 Å². The van der Waals surface area contributed by atoms with Gasteiger partial charge in [-0.05, 0) is 24.1 Å². The summed E-state index contributed by atoms with van der Waals surface area (Å²) < 4.78 is 11.8. The number of fused-ring (bicyclic) bond motifs is 1. The highest BCUT2D eigenvalue weighted by molar-refractivity contribution is 7.17. The minimum atomic E-state index is -1.21. The Morgan fingerprint density at radius 1 is 1.09 bits per heavy atom. The second-order valence-electron chi connectivity index (χ2n) is 7.62. The van der Waals surface area contributed by atoms with Crippen LogP contribution < -0.4 is 20.3 Å². The minimum absolute atomic E-state index is 0.000286. The van der Waals surface area contributed by atoms with Crippen LogP contribution in [0.1, 0.15) is 15.9 Å². The molecule has 2 N–H and O–H groups in total. The number of amides is 1. The number of carbonyl (C=O) groups excluding carboxylic acids is 1. The maximum Gasteiger partial charge on any atom is 0.337 e. The zero-order chi connectivity index (χ0) is 24.9. The Morgan fingerprint density at radius 3 is 2.51 bits per heavy atom. The zero-order valence-electron chi connectivity index (χ0n) is 19.1. The predicted molar refractivity (Wildman–Crippen MR) is 133 cm³/mol. The van der Waals surface area contributed by atoms with Gasteiger partial charge in [0, 0.05) is 17.5 Å². The van der Waals surface area contributed by atoms with Crippen molar-refractivity contribution in [1.82, 2.24) is 14.9 Å². The van der Waals surface area contributed by atoms with Crippen LogP contribution in [0, 0.1) is 0 Å². The molecule has 180 valence electrons. The molecule has 0 aliphatic rings. The van der Waals surface area contributed by atoms with E-state index in [9.17, 15) is 19.5 Å². The van der Waals surface area contributed by atoms with Crippen molar-refractivity contribution in [3.05, 3.63) is 75.4 Å². The van der Waals surface area contributed by atoms with E-state index in [0.29, 0.717) is 40.7 Å².